The lowest BCUT2D eigenvalue weighted by Gasteiger charge is -2.28. The monoisotopic (exact) mass is 444 g/mol. The Morgan fingerprint density at radius 1 is 0.788 bits per heavy atom. The second kappa shape index (κ2) is 11.8. The summed E-state index contributed by atoms with van der Waals surface area (Å²) in [5, 5.41) is 0. The third kappa shape index (κ3) is 6.46. The molecule has 0 unspecified atom stereocenters. The predicted octanol–water partition coefficient (Wildman–Crippen LogP) is 9.92. The maximum absolute atomic E-state index is 14.8. The molecular weight excluding hydrogens is 403 g/mol. The molecule has 33 heavy (non-hydrogen) atoms. The smallest absolute Gasteiger partial charge is 0.130 e. The molecule has 176 valence electrons. The number of halogens is 1. The van der Waals surface area contributed by atoms with E-state index < -0.39 is 0 Å². The zero-order chi connectivity index (χ0) is 23.0. The Hall–Kier alpha value is -2.15. The van der Waals surface area contributed by atoms with Crippen molar-refractivity contribution in [2.75, 3.05) is 0 Å². The fourth-order valence-electron chi connectivity index (χ4n) is 6.11. The van der Waals surface area contributed by atoms with Gasteiger partial charge in [0.05, 0.1) is 0 Å². The van der Waals surface area contributed by atoms with Crippen LogP contribution in [0.1, 0.15) is 112 Å². The number of hydrogen-bond acceptors (Lipinski definition) is 0. The highest BCUT2D eigenvalue weighted by molar-refractivity contribution is 5.70. The van der Waals surface area contributed by atoms with Gasteiger partial charge in [0.1, 0.15) is 5.82 Å². The van der Waals surface area contributed by atoms with Crippen LogP contribution in [0.3, 0.4) is 0 Å². The first kappa shape index (κ1) is 24.0. The summed E-state index contributed by atoms with van der Waals surface area (Å²) in [6.07, 6.45) is 21.4. The van der Waals surface area contributed by atoms with Crippen molar-refractivity contribution in [1.29, 1.82) is 0 Å². The summed E-state index contributed by atoms with van der Waals surface area (Å²) in [6.45, 7) is 4.40. The molecule has 2 aromatic rings. The van der Waals surface area contributed by atoms with Gasteiger partial charge in [-0.1, -0.05) is 80.5 Å². The molecule has 0 heterocycles. The Morgan fingerprint density at radius 3 is 2.06 bits per heavy atom. The van der Waals surface area contributed by atoms with Crippen LogP contribution in [-0.4, -0.2) is 0 Å². The van der Waals surface area contributed by atoms with Crippen molar-refractivity contribution in [3.05, 3.63) is 82.7 Å². The highest BCUT2D eigenvalue weighted by Gasteiger charge is 2.22. The van der Waals surface area contributed by atoms with Gasteiger partial charge in [0.2, 0.25) is 0 Å². The van der Waals surface area contributed by atoms with Crippen LogP contribution in [0.2, 0.25) is 0 Å². The van der Waals surface area contributed by atoms with Crippen LogP contribution in [-0.2, 0) is 0 Å². The first-order valence-corrected chi connectivity index (χ1v) is 13.4. The Bertz CT molecular complexity index is 919. The van der Waals surface area contributed by atoms with Crippen LogP contribution in [0, 0.1) is 17.7 Å². The lowest BCUT2D eigenvalue weighted by molar-refractivity contribution is 0.308. The largest absolute Gasteiger partial charge is 0.206 e. The average molecular weight is 445 g/mol. The molecule has 2 fully saturated rings. The number of benzene rings is 2. The van der Waals surface area contributed by atoms with E-state index in [1.807, 2.05) is 18.2 Å². The minimum absolute atomic E-state index is 0.0974. The highest BCUT2D eigenvalue weighted by atomic mass is 19.1. The fourth-order valence-corrected chi connectivity index (χ4v) is 6.11. The van der Waals surface area contributed by atoms with E-state index in [0.717, 1.165) is 24.3 Å². The van der Waals surface area contributed by atoms with E-state index in [1.54, 1.807) is 6.07 Å². The molecule has 2 aliphatic carbocycles. The van der Waals surface area contributed by atoms with Gasteiger partial charge >= 0.3 is 0 Å². The third-order valence-corrected chi connectivity index (χ3v) is 8.14. The molecule has 2 saturated carbocycles. The Kier molecular flexibility index (Phi) is 8.59. The van der Waals surface area contributed by atoms with E-state index in [1.165, 1.54) is 62.5 Å². The summed E-state index contributed by atoms with van der Waals surface area (Å²) >= 11 is 0. The van der Waals surface area contributed by atoms with Crippen LogP contribution >= 0.6 is 0 Å². The molecule has 0 aliphatic heterocycles. The Balaban J connectivity index is 1.33. The molecule has 1 heteroatoms. The van der Waals surface area contributed by atoms with Crippen molar-refractivity contribution < 1.29 is 4.39 Å². The summed E-state index contributed by atoms with van der Waals surface area (Å²) in [5.74, 6) is 2.78. The molecule has 0 nitrogen and oxygen atoms in total. The van der Waals surface area contributed by atoms with Gasteiger partial charge < -0.3 is 0 Å². The van der Waals surface area contributed by atoms with Crippen LogP contribution in [0.15, 0.2) is 54.6 Å². The van der Waals surface area contributed by atoms with Crippen molar-refractivity contribution in [2.24, 2.45) is 11.8 Å². The van der Waals surface area contributed by atoms with Crippen molar-refractivity contribution in [2.45, 2.75) is 89.9 Å². The summed E-state index contributed by atoms with van der Waals surface area (Å²) in [6, 6.07) is 14.8. The first-order valence-electron chi connectivity index (χ1n) is 13.4. The third-order valence-electron chi connectivity index (χ3n) is 8.14. The predicted molar refractivity (Wildman–Crippen MR) is 141 cm³/mol. The number of allylic oxidation sites excluding steroid dienone is 2. The summed E-state index contributed by atoms with van der Waals surface area (Å²) in [4.78, 5) is 0. The highest BCUT2D eigenvalue weighted by Crippen LogP contribution is 2.38. The molecule has 0 amide bonds. The first-order chi connectivity index (χ1) is 16.2. The van der Waals surface area contributed by atoms with Gasteiger partial charge in [-0.2, -0.15) is 0 Å². The van der Waals surface area contributed by atoms with Crippen molar-refractivity contribution in [3.8, 4) is 0 Å². The fraction of sp³-hybridized carbons (Fsp3) is 0.500. The molecule has 0 atom stereocenters. The maximum Gasteiger partial charge on any atom is 0.130 e. The molecule has 0 N–H and O–H groups in total. The van der Waals surface area contributed by atoms with Gasteiger partial charge in [0, 0.05) is 5.56 Å². The molecule has 4 rings (SSSR count). The SMILES string of the molecule is CC=CC1CCC(c2ccc(/C=C/c3ccc(C4CCC(CCC)CC4)cc3)c(F)c2)CC1. The Morgan fingerprint density at radius 2 is 1.42 bits per heavy atom. The van der Waals surface area contributed by atoms with Crippen LogP contribution < -0.4 is 0 Å². The molecular formula is C32H41F. The van der Waals surface area contributed by atoms with E-state index in [2.05, 4.69) is 56.3 Å². The normalized spacial score (nSPS) is 26.3. The lowest BCUT2D eigenvalue weighted by atomic mass is 9.77. The van der Waals surface area contributed by atoms with Crippen molar-refractivity contribution >= 4 is 12.2 Å². The number of rotatable bonds is 7. The van der Waals surface area contributed by atoms with E-state index in [-0.39, 0.29) is 5.82 Å². The van der Waals surface area contributed by atoms with Gasteiger partial charge in [0.25, 0.3) is 0 Å². The Labute approximate surface area is 201 Å². The van der Waals surface area contributed by atoms with Gasteiger partial charge in [-0.25, -0.2) is 4.39 Å². The van der Waals surface area contributed by atoms with Gasteiger partial charge in [-0.3, -0.25) is 0 Å². The quantitative estimate of drug-likeness (QED) is 0.294. The second-order valence-corrected chi connectivity index (χ2v) is 10.4. The average Bonchev–Trinajstić information content (AvgIpc) is 2.85. The van der Waals surface area contributed by atoms with E-state index in [9.17, 15) is 4.39 Å². The summed E-state index contributed by atoms with van der Waals surface area (Å²) in [7, 11) is 0. The molecule has 0 saturated heterocycles. The maximum atomic E-state index is 14.8. The standard InChI is InChI=1S/C32H41F/c1-3-5-24-7-14-27(15-8-24)28-16-11-26(12-17-28)13-20-30-21-22-31(23-32(30)33)29-18-9-25(6-4-2)10-19-29/h4,6,11-13,16-17,20-25,27,29H,3,5,7-10,14-15,18-19H2,1-2H3/b6-4?,20-13+. The zero-order valence-electron chi connectivity index (χ0n) is 20.6. The van der Waals surface area contributed by atoms with Crippen LogP contribution in [0.25, 0.3) is 12.2 Å². The van der Waals surface area contributed by atoms with E-state index in [4.69, 9.17) is 0 Å². The molecule has 0 aromatic heterocycles. The minimum Gasteiger partial charge on any atom is -0.206 e. The van der Waals surface area contributed by atoms with Gasteiger partial charge in [0.15, 0.2) is 0 Å². The molecule has 0 radical (unpaired) electrons. The molecule has 2 aliphatic rings. The second-order valence-electron chi connectivity index (χ2n) is 10.4. The molecule has 0 spiro atoms. The van der Waals surface area contributed by atoms with E-state index >= 15 is 0 Å². The summed E-state index contributed by atoms with van der Waals surface area (Å²) < 4.78 is 14.8. The van der Waals surface area contributed by atoms with Gasteiger partial charge in [-0.05, 0) is 105 Å². The van der Waals surface area contributed by atoms with Crippen molar-refractivity contribution in [1.82, 2.24) is 0 Å². The zero-order valence-corrected chi connectivity index (χ0v) is 20.6. The lowest BCUT2D eigenvalue weighted by Crippen LogP contribution is -2.13. The molecule has 2 aromatic carbocycles. The molecule has 0 bridgehead atoms. The minimum atomic E-state index is -0.0974. The van der Waals surface area contributed by atoms with Crippen LogP contribution in [0.5, 0.6) is 0 Å². The van der Waals surface area contributed by atoms with Gasteiger partial charge in [-0.15, -0.1) is 0 Å². The van der Waals surface area contributed by atoms with Crippen molar-refractivity contribution in [3.63, 3.8) is 0 Å². The van der Waals surface area contributed by atoms with Crippen LogP contribution in [0.4, 0.5) is 4.39 Å². The van der Waals surface area contributed by atoms with E-state index in [0.29, 0.717) is 23.3 Å². The summed E-state index contributed by atoms with van der Waals surface area (Å²) in [5.41, 5.74) is 4.47. The topological polar surface area (TPSA) is 0 Å². The number of hydrogen-bond donors (Lipinski definition) is 0.